The van der Waals surface area contributed by atoms with E-state index >= 15 is 0 Å². The van der Waals surface area contributed by atoms with E-state index in [9.17, 15) is 19.7 Å². The fourth-order valence-corrected chi connectivity index (χ4v) is 6.98. The number of aryl methyl sites for hydroxylation is 1. The van der Waals surface area contributed by atoms with E-state index < -0.39 is 16.3 Å². The molecule has 1 aromatic carbocycles. The van der Waals surface area contributed by atoms with Crippen molar-refractivity contribution in [1.82, 2.24) is 14.7 Å². The van der Waals surface area contributed by atoms with Gasteiger partial charge in [-0.25, -0.2) is 4.68 Å². The quantitative estimate of drug-likeness (QED) is 0.525. The Morgan fingerprint density at radius 1 is 1.19 bits per heavy atom. The monoisotopic (exact) mass is 436 g/mol. The molecule has 0 N–H and O–H groups in total. The van der Waals surface area contributed by atoms with Crippen LogP contribution in [-0.2, 0) is 0 Å². The average Bonchev–Trinajstić information content (AvgIpc) is 2.72. The number of aromatic nitrogens is 2. The van der Waals surface area contributed by atoms with E-state index in [1.54, 1.807) is 37.1 Å². The summed E-state index contributed by atoms with van der Waals surface area (Å²) in [4.78, 5) is 38.7. The molecular weight excluding hydrogens is 408 g/mol. The highest BCUT2D eigenvalue weighted by Crippen LogP contribution is 2.60. The van der Waals surface area contributed by atoms with E-state index in [1.807, 2.05) is 0 Å². The first-order valence-electron chi connectivity index (χ1n) is 11.3. The smallest absolute Gasteiger partial charge is 0.294 e. The van der Waals surface area contributed by atoms with Crippen LogP contribution < -0.4 is 5.43 Å². The Bertz CT molecular complexity index is 1120. The van der Waals surface area contributed by atoms with Crippen LogP contribution in [0.25, 0.3) is 5.69 Å². The molecule has 2 aromatic rings. The molecule has 6 rings (SSSR count). The second kappa shape index (κ2) is 7.53. The molecule has 0 spiro atoms. The first-order valence-corrected chi connectivity index (χ1v) is 11.3. The number of nitrogens with zero attached hydrogens (tertiary/aromatic N) is 4. The summed E-state index contributed by atoms with van der Waals surface area (Å²) in [5.74, 6) is 1.91. The van der Waals surface area contributed by atoms with Crippen LogP contribution in [-0.4, -0.2) is 39.1 Å². The third-order valence-electron chi connectivity index (χ3n) is 7.70. The predicted molar refractivity (Wildman–Crippen MR) is 119 cm³/mol. The van der Waals surface area contributed by atoms with Crippen molar-refractivity contribution < 1.29 is 9.72 Å². The lowest BCUT2D eigenvalue weighted by Crippen LogP contribution is -2.51. The SMILES string of the molecule is Cc1cc(=O)c(C(=O)N(C)CC23CC4CC(CC(C4)C2)C3)nn1-c1ccccc1[N+](=O)[O-]. The van der Waals surface area contributed by atoms with Gasteiger partial charge in [0, 0.05) is 31.4 Å². The maximum atomic E-state index is 13.3. The number of nitro groups is 1. The van der Waals surface area contributed by atoms with Crippen LogP contribution in [0, 0.1) is 40.2 Å². The molecule has 4 saturated carbocycles. The number of para-hydroxylation sites is 2. The first-order chi connectivity index (χ1) is 15.2. The lowest BCUT2D eigenvalue weighted by atomic mass is 9.49. The molecule has 1 amide bonds. The summed E-state index contributed by atoms with van der Waals surface area (Å²) in [5.41, 5.74) is 0.0336. The first kappa shape index (κ1) is 20.8. The van der Waals surface area contributed by atoms with Crippen LogP contribution in [0.2, 0.25) is 0 Å². The highest BCUT2D eigenvalue weighted by Gasteiger charge is 2.51. The van der Waals surface area contributed by atoms with Crippen molar-refractivity contribution in [1.29, 1.82) is 0 Å². The topological polar surface area (TPSA) is 98.3 Å². The molecule has 0 saturated heterocycles. The maximum Gasteiger partial charge on any atom is 0.294 e. The van der Waals surface area contributed by atoms with Gasteiger partial charge in [-0.3, -0.25) is 19.7 Å². The van der Waals surface area contributed by atoms with Gasteiger partial charge in [-0.2, -0.15) is 5.10 Å². The number of hydrogen-bond donors (Lipinski definition) is 0. The molecule has 8 nitrogen and oxygen atoms in total. The summed E-state index contributed by atoms with van der Waals surface area (Å²) < 4.78 is 1.32. The Morgan fingerprint density at radius 3 is 2.38 bits per heavy atom. The molecule has 1 heterocycles. The third-order valence-corrected chi connectivity index (χ3v) is 7.70. The molecule has 0 aliphatic heterocycles. The Balaban J connectivity index is 1.45. The predicted octanol–water partition coefficient (Wildman–Crippen LogP) is 3.74. The van der Waals surface area contributed by atoms with Crippen molar-refractivity contribution in [2.45, 2.75) is 45.4 Å². The number of amides is 1. The Morgan fingerprint density at radius 2 is 1.78 bits per heavy atom. The van der Waals surface area contributed by atoms with Gasteiger partial charge in [0.25, 0.3) is 11.6 Å². The molecule has 1 aromatic heterocycles. The number of carbonyl (C=O) groups is 1. The van der Waals surface area contributed by atoms with Gasteiger partial charge in [-0.15, -0.1) is 0 Å². The van der Waals surface area contributed by atoms with E-state index in [4.69, 9.17) is 0 Å². The van der Waals surface area contributed by atoms with Crippen LogP contribution in [0.5, 0.6) is 0 Å². The molecular formula is C24H28N4O4. The molecule has 4 bridgehead atoms. The Hall–Kier alpha value is -3.03. The highest BCUT2D eigenvalue weighted by molar-refractivity contribution is 5.92. The number of benzene rings is 1. The van der Waals surface area contributed by atoms with Gasteiger partial charge in [-0.1, -0.05) is 12.1 Å². The fraction of sp³-hybridized carbons (Fsp3) is 0.542. The van der Waals surface area contributed by atoms with Gasteiger partial charge in [-0.05, 0) is 74.7 Å². The zero-order valence-corrected chi connectivity index (χ0v) is 18.5. The van der Waals surface area contributed by atoms with Gasteiger partial charge in [0.15, 0.2) is 5.69 Å². The average molecular weight is 437 g/mol. The van der Waals surface area contributed by atoms with Crippen LogP contribution in [0.15, 0.2) is 35.1 Å². The second-order valence-electron chi connectivity index (χ2n) is 10.2. The van der Waals surface area contributed by atoms with Crippen LogP contribution >= 0.6 is 0 Å². The molecule has 168 valence electrons. The number of rotatable bonds is 5. The number of nitro benzene ring substituents is 1. The molecule has 4 aliphatic carbocycles. The summed E-state index contributed by atoms with van der Waals surface area (Å²) in [6.07, 6.45) is 7.49. The highest BCUT2D eigenvalue weighted by atomic mass is 16.6. The maximum absolute atomic E-state index is 13.3. The zero-order chi connectivity index (χ0) is 22.6. The van der Waals surface area contributed by atoms with Crippen LogP contribution in [0.1, 0.15) is 54.7 Å². The lowest BCUT2D eigenvalue weighted by Gasteiger charge is -2.57. The minimum absolute atomic E-state index is 0.132. The largest absolute Gasteiger partial charge is 0.340 e. The van der Waals surface area contributed by atoms with Gasteiger partial charge in [0.1, 0.15) is 5.69 Å². The molecule has 0 radical (unpaired) electrons. The zero-order valence-electron chi connectivity index (χ0n) is 18.5. The van der Waals surface area contributed by atoms with Crippen molar-refractivity contribution in [3.8, 4) is 5.69 Å². The summed E-state index contributed by atoms with van der Waals surface area (Å²) in [7, 11) is 1.75. The normalized spacial score (nSPS) is 28.0. The van der Waals surface area contributed by atoms with E-state index in [0.717, 1.165) is 17.8 Å². The minimum atomic E-state index is -0.491. The van der Waals surface area contributed by atoms with Gasteiger partial charge in [0.2, 0.25) is 5.43 Å². The number of hydrogen-bond acceptors (Lipinski definition) is 5. The second-order valence-corrected chi connectivity index (χ2v) is 10.2. The van der Waals surface area contributed by atoms with E-state index in [1.165, 1.54) is 55.3 Å². The number of carbonyl (C=O) groups excluding carboxylic acids is 1. The third kappa shape index (κ3) is 3.51. The molecule has 0 unspecified atom stereocenters. The van der Waals surface area contributed by atoms with Crippen molar-refractivity contribution >= 4 is 11.6 Å². The van der Waals surface area contributed by atoms with Gasteiger partial charge >= 0.3 is 0 Å². The molecule has 4 fully saturated rings. The molecule has 0 atom stereocenters. The van der Waals surface area contributed by atoms with Crippen molar-refractivity contribution in [2.75, 3.05) is 13.6 Å². The van der Waals surface area contributed by atoms with E-state index in [2.05, 4.69) is 5.10 Å². The van der Waals surface area contributed by atoms with Crippen molar-refractivity contribution in [3.05, 3.63) is 62.1 Å². The van der Waals surface area contributed by atoms with Gasteiger partial charge in [0.05, 0.1) is 4.92 Å². The molecule has 8 heteroatoms. The summed E-state index contributed by atoms with van der Waals surface area (Å²) in [6, 6.07) is 7.52. The molecule has 4 aliphatic rings. The summed E-state index contributed by atoms with van der Waals surface area (Å²) in [6.45, 7) is 2.29. The van der Waals surface area contributed by atoms with Crippen LogP contribution in [0.3, 0.4) is 0 Å². The standard InChI is InChI=1S/C24H28N4O4/c1-15-7-21(29)22(25-27(15)19-5-3-4-6-20(19)28(31)32)23(30)26(2)14-24-11-16-8-17(12-24)10-18(9-16)13-24/h3-7,16-18H,8-14H2,1-2H3. The van der Waals surface area contributed by atoms with E-state index in [-0.39, 0.29) is 22.5 Å². The van der Waals surface area contributed by atoms with Crippen molar-refractivity contribution in [3.63, 3.8) is 0 Å². The Kier molecular flexibility index (Phi) is 4.91. The van der Waals surface area contributed by atoms with E-state index in [0.29, 0.717) is 12.2 Å². The fourth-order valence-electron chi connectivity index (χ4n) is 6.98. The minimum Gasteiger partial charge on any atom is -0.340 e. The lowest BCUT2D eigenvalue weighted by molar-refractivity contribution is -0.384. The summed E-state index contributed by atoms with van der Waals surface area (Å²) >= 11 is 0. The van der Waals surface area contributed by atoms with Crippen LogP contribution in [0.4, 0.5) is 5.69 Å². The van der Waals surface area contributed by atoms with Crippen molar-refractivity contribution in [2.24, 2.45) is 23.2 Å². The summed E-state index contributed by atoms with van der Waals surface area (Å²) in [5, 5.41) is 15.8. The molecule has 32 heavy (non-hydrogen) atoms. The Labute approximate surface area is 186 Å². The van der Waals surface area contributed by atoms with Gasteiger partial charge < -0.3 is 4.90 Å².